The van der Waals surface area contributed by atoms with E-state index in [0.717, 1.165) is 12.8 Å². The number of aliphatic hydroxyl groups excluding tert-OH is 1. The normalized spacial score (nSPS) is 30.0. The largest absolute Gasteiger partial charge is 0.394 e. The van der Waals surface area contributed by atoms with E-state index in [1.54, 1.807) is 0 Å². The number of nitrogens with two attached hydrogens (primary N) is 1. The average molecular weight is 178 g/mol. The molecular weight excluding hydrogens is 162 g/mol. The summed E-state index contributed by atoms with van der Waals surface area (Å²) in [5, 5.41) is 8.87. The average Bonchev–Trinajstić information content (AvgIpc) is 1.77. The second kappa shape index (κ2) is 2.61. The van der Waals surface area contributed by atoms with E-state index in [-0.39, 0.29) is 24.6 Å². The molecule has 0 aliphatic heterocycles. The number of hydrogen-bond acceptors (Lipinski definition) is 2. The van der Waals surface area contributed by atoms with Gasteiger partial charge in [0, 0.05) is 5.54 Å². The van der Waals surface area contributed by atoms with Crippen molar-refractivity contribution in [1.82, 2.24) is 0 Å². The molecular formula is C8H16ClNO. The van der Waals surface area contributed by atoms with Crippen LogP contribution < -0.4 is 5.73 Å². The van der Waals surface area contributed by atoms with Gasteiger partial charge in [0.25, 0.3) is 0 Å². The highest BCUT2D eigenvalue weighted by Crippen LogP contribution is 2.59. The Morgan fingerprint density at radius 1 is 1.27 bits per heavy atom. The van der Waals surface area contributed by atoms with Gasteiger partial charge in [-0.05, 0) is 31.1 Å². The third kappa shape index (κ3) is 1.28. The lowest BCUT2D eigenvalue weighted by atomic mass is 9.49. The molecule has 0 bridgehead atoms. The summed E-state index contributed by atoms with van der Waals surface area (Å²) >= 11 is 0. The first-order chi connectivity index (χ1) is 4.68. The van der Waals surface area contributed by atoms with Crippen molar-refractivity contribution >= 4 is 12.4 Å². The van der Waals surface area contributed by atoms with Crippen molar-refractivity contribution in [1.29, 1.82) is 0 Å². The van der Waals surface area contributed by atoms with Crippen molar-refractivity contribution in [2.75, 3.05) is 6.61 Å². The van der Waals surface area contributed by atoms with Crippen LogP contribution in [0.4, 0.5) is 0 Å². The van der Waals surface area contributed by atoms with E-state index in [2.05, 4.69) is 0 Å². The van der Waals surface area contributed by atoms with Crippen LogP contribution in [0, 0.1) is 5.41 Å². The zero-order valence-corrected chi connectivity index (χ0v) is 7.49. The molecule has 3 N–H and O–H groups in total. The molecule has 2 aliphatic rings. The molecule has 0 radical (unpaired) electrons. The fraction of sp³-hybridized carbons (Fsp3) is 1.00. The minimum absolute atomic E-state index is 0. The Bertz CT molecular complexity index is 141. The second-order valence-corrected chi connectivity index (χ2v) is 4.23. The quantitative estimate of drug-likeness (QED) is 0.630. The monoisotopic (exact) mass is 177 g/mol. The molecule has 0 atom stereocenters. The molecule has 2 saturated carbocycles. The fourth-order valence-electron chi connectivity index (χ4n) is 2.58. The standard InChI is InChI=1S/C8H15NO.ClH/c9-8(6-10)4-7(5-8)2-1-3-7;/h10H,1-6,9H2;1H. The Morgan fingerprint density at radius 2 is 1.82 bits per heavy atom. The fourth-order valence-corrected chi connectivity index (χ4v) is 2.58. The molecule has 3 heteroatoms. The predicted molar refractivity (Wildman–Crippen MR) is 46.8 cm³/mol. The van der Waals surface area contributed by atoms with Crippen LogP contribution >= 0.6 is 12.4 Å². The van der Waals surface area contributed by atoms with Gasteiger partial charge in [-0.1, -0.05) is 6.42 Å². The highest BCUT2D eigenvalue weighted by atomic mass is 35.5. The number of rotatable bonds is 1. The van der Waals surface area contributed by atoms with Gasteiger partial charge in [0.15, 0.2) is 0 Å². The van der Waals surface area contributed by atoms with E-state index >= 15 is 0 Å². The Labute approximate surface area is 73.6 Å². The summed E-state index contributed by atoms with van der Waals surface area (Å²) in [6, 6.07) is 0. The predicted octanol–water partition coefficient (Wildman–Crippen LogP) is 1.06. The number of aliphatic hydroxyl groups is 1. The lowest BCUT2D eigenvalue weighted by Crippen LogP contribution is -2.62. The van der Waals surface area contributed by atoms with Gasteiger partial charge in [-0.25, -0.2) is 0 Å². The minimum atomic E-state index is -0.194. The van der Waals surface area contributed by atoms with Crippen LogP contribution in [0.1, 0.15) is 32.1 Å². The Kier molecular flexibility index (Phi) is 2.21. The molecule has 0 saturated heterocycles. The lowest BCUT2D eigenvalue weighted by Gasteiger charge is -2.59. The molecule has 0 unspecified atom stereocenters. The molecule has 0 heterocycles. The molecule has 2 nitrogen and oxygen atoms in total. The van der Waals surface area contributed by atoms with E-state index in [9.17, 15) is 0 Å². The summed E-state index contributed by atoms with van der Waals surface area (Å²) in [7, 11) is 0. The Balaban J connectivity index is 0.000000605. The van der Waals surface area contributed by atoms with E-state index < -0.39 is 0 Å². The highest BCUT2D eigenvalue weighted by Gasteiger charge is 2.54. The zero-order valence-electron chi connectivity index (χ0n) is 6.68. The summed E-state index contributed by atoms with van der Waals surface area (Å²) in [5.41, 5.74) is 6.24. The topological polar surface area (TPSA) is 46.2 Å². The van der Waals surface area contributed by atoms with Gasteiger partial charge in [-0.15, -0.1) is 12.4 Å². The molecule has 2 rings (SSSR count). The van der Waals surface area contributed by atoms with Crippen LogP contribution in [-0.4, -0.2) is 17.3 Å². The van der Waals surface area contributed by atoms with E-state index in [1.165, 1.54) is 19.3 Å². The zero-order chi connectivity index (χ0) is 7.24. The highest BCUT2D eigenvalue weighted by molar-refractivity contribution is 5.85. The Morgan fingerprint density at radius 3 is 2.09 bits per heavy atom. The van der Waals surface area contributed by atoms with E-state index in [1.807, 2.05) is 0 Å². The third-order valence-corrected chi connectivity index (χ3v) is 3.18. The molecule has 1 spiro atoms. The van der Waals surface area contributed by atoms with Crippen molar-refractivity contribution in [2.45, 2.75) is 37.6 Å². The maximum Gasteiger partial charge on any atom is 0.0611 e. The minimum Gasteiger partial charge on any atom is -0.394 e. The number of halogens is 1. The molecule has 0 amide bonds. The third-order valence-electron chi connectivity index (χ3n) is 3.18. The van der Waals surface area contributed by atoms with Crippen molar-refractivity contribution in [2.24, 2.45) is 11.1 Å². The van der Waals surface area contributed by atoms with Crippen LogP contribution in [0.15, 0.2) is 0 Å². The molecule has 0 aromatic carbocycles. The van der Waals surface area contributed by atoms with Gasteiger partial charge >= 0.3 is 0 Å². The molecule has 11 heavy (non-hydrogen) atoms. The Hall–Kier alpha value is 0.210. The van der Waals surface area contributed by atoms with E-state index in [4.69, 9.17) is 10.8 Å². The summed E-state index contributed by atoms with van der Waals surface area (Å²) in [6.45, 7) is 0.175. The van der Waals surface area contributed by atoms with Gasteiger partial charge in [-0.3, -0.25) is 0 Å². The van der Waals surface area contributed by atoms with Gasteiger partial charge in [0.2, 0.25) is 0 Å². The van der Waals surface area contributed by atoms with E-state index in [0.29, 0.717) is 5.41 Å². The van der Waals surface area contributed by atoms with Gasteiger partial charge in [0.1, 0.15) is 0 Å². The van der Waals surface area contributed by atoms with Crippen molar-refractivity contribution in [3.63, 3.8) is 0 Å². The van der Waals surface area contributed by atoms with Crippen LogP contribution in [-0.2, 0) is 0 Å². The van der Waals surface area contributed by atoms with Crippen molar-refractivity contribution in [3.05, 3.63) is 0 Å². The van der Waals surface area contributed by atoms with Crippen LogP contribution in [0.3, 0.4) is 0 Å². The SMILES string of the molecule is Cl.NC1(CO)CC2(CCC2)C1. The van der Waals surface area contributed by atoms with Crippen LogP contribution in [0.2, 0.25) is 0 Å². The summed E-state index contributed by atoms with van der Waals surface area (Å²) in [5.74, 6) is 0. The molecule has 2 aliphatic carbocycles. The van der Waals surface area contributed by atoms with Crippen LogP contribution in [0.25, 0.3) is 0 Å². The van der Waals surface area contributed by atoms with Crippen molar-refractivity contribution < 1.29 is 5.11 Å². The molecule has 0 aromatic heterocycles. The first-order valence-corrected chi connectivity index (χ1v) is 4.08. The smallest absolute Gasteiger partial charge is 0.0611 e. The summed E-state index contributed by atoms with van der Waals surface area (Å²) < 4.78 is 0. The molecule has 2 fully saturated rings. The first-order valence-electron chi connectivity index (χ1n) is 4.08. The molecule has 0 aromatic rings. The van der Waals surface area contributed by atoms with Crippen LogP contribution in [0.5, 0.6) is 0 Å². The van der Waals surface area contributed by atoms with Gasteiger partial charge < -0.3 is 10.8 Å². The summed E-state index contributed by atoms with van der Waals surface area (Å²) in [4.78, 5) is 0. The second-order valence-electron chi connectivity index (χ2n) is 4.23. The molecule has 66 valence electrons. The summed E-state index contributed by atoms with van der Waals surface area (Å²) in [6.07, 6.45) is 6.21. The van der Waals surface area contributed by atoms with Gasteiger partial charge in [-0.2, -0.15) is 0 Å². The van der Waals surface area contributed by atoms with Gasteiger partial charge in [0.05, 0.1) is 6.61 Å². The lowest BCUT2D eigenvalue weighted by molar-refractivity contribution is -0.0652. The maximum atomic E-state index is 8.87. The number of hydrogen-bond donors (Lipinski definition) is 2. The van der Waals surface area contributed by atoms with Crippen molar-refractivity contribution in [3.8, 4) is 0 Å². The first kappa shape index (κ1) is 9.30. The maximum absolute atomic E-state index is 8.87.